The van der Waals surface area contributed by atoms with Gasteiger partial charge in [0.2, 0.25) is 0 Å². The quantitative estimate of drug-likeness (QED) is 0.565. The highest BCUT2D eigenvalue weighted by Crippen LogP contribution is 2.39. The monoisotopic (exact) mass is 418 g/mol. The number of halogens is 2. The number of carboxylic acids is 1. The Morgan fingerprint density at radius 1 is 1.15 bits per heavy atom. The Kier molecular flexibility index (Phi) is 5.74. The van der Waals surface area contributed by atoms with Crippen molar-refractivity contribution in [3.05, 3.63) is 62.6 Å². The fraction of sp³-hybridized carbons (Fsp3) is 0.133. The molecule has 0 aliphatic heterocycles. The van der Waals surface area contributed by atoms with Crippen molar-refractivity contribution in [2.45, 2.75) is 17.9 Å². The van der Waals surface area contributed by atoms with Crippen LogP contribution in [0.5, 0.6) is 0 Å². The van der Waals surface area contributed by atoms with Crippen molar-refractivity contribution in [1.82, 2.24) is 0 Å². The van der Waals surface area contributed by atoms with Crippen molar-refractivity contribution in [3.8, 4) is 0 Å². The van der Waals surface area contributed by atoms with Crippen LogP contribution in [0.15, 0.2) is 47.4 Å². The van der Waals surface area contributed by atoms with Gasteiger partial charge in [-0.15, -0.1) is 0 Å². The number of aliphatic carboxylic acids is 1. The molecule has 0 aliphatic rings. The van der Waals surface area contributed by atoms with Crippen LogP contribution < -0.4 is 4.31 Å². The van der Waals surface area contributed by atoms with Crippen molar-refractivity contribution in [2.75, 3.05) is 4.31 Å². The molecular weight excluding hydrogens is 407 g/mol. The van der Waals surface area contributed by atoms with E-state index in [2.05, 4.69) is 0 Å². The molecule has 0 amide bonds. The zero-order chi connectivity index (χ0) is 19.6. The fourth-order valence-electron chi connectivity index (χ4n) is 2.25. The van der Waals surface area contributed by atoms with Crippen LogP contribution in [0.3, 0.4) is 0 Å². The summed E-state index contributed by atoms with van der Waals surface area (Å²) >= 11 is 12.1. The third kappa shape index (κ3) is 3.59. The van der Waals surface area contributed by atoms with Crippen LogP contribution >= 0.6 is 23.2 Å². The summed E-state index contributed by atoms with van der Waals surface area (Å²) in [5.74, 6) is -1.48. The number of carboxylic acid groups (broad SMARTS) is 1. The molecule has 11 heteroatoms. The normalized spacial score (nSPS) is 12.4. The van der Waals surface area contributed by atoms with Gasteiger partial charge in [-0.2, -0.15) is 0 Å². The number of hydrogen-bond donors (Lipinski definition) is 1. The van der Waals surface area contributed by atoms with Crippen LogP contribution in [-0.4, -0.2) is 30.5 Å². The van der Waals surface area contributed by atoms with Gasteiger partial charge >= 0.3 is 5.97 Å². The lowest BCUT2D eigenvalue weighted by atomic mass is 10.2. The molecule has 0 aromatic heterocycles. The smallest absolute Gasteiger partial charge is 0.327 e. The van der Waals surface area contributed by atoms with E-state index in [4.69, 9.17) is 23.2 Å². The number of nitrogens with zero attached hydrogens (tertiary/aromatic N) is 2. The molecule has 0 radical (unpaired) electrons. The standard InChI is InChI=1S/C15H12Cl2N2O6S/c1-9(15(20)21)18(14-10(16)5-4-6-11(14)17)26(24,25)13-8-3-2-7-12(13)19(22)23/h2-9H,1H3,(H,20,21). The summed E-state index contributed by atoms with van der Waals surface area (Å²) in [6.07, 6.45) is 0. The Morgan fingerprint density at radius 3 is 2.19 bits per heavy atom. The second-order valence-electron chi connectivity index (χ2n) is 5.11. The molecule has 0 saturated heterocycles. The molecule has 1 atom stereocenters. The number of nitro groups is 1. The van der Waals surface area contributed by atoms with Gasteiger partial charge in [0, 0.05) is 6.07 Å². The van der Waals surface area contributed by atoms with E-state index < -0.39 is 37.5 Å². The summed E-state index contributed by atoms with van der Waals surface area (Å²) in [4.78, 5) is 21.2. The Labute approximate surface area is 158 Å². The largest absolute Gasteiger partial charge is 0.480 e. The van der Waals surface area contributed by atoms with Crippen molar-refractivity contribution in [3.63, 3.8) is 0 Å². The zero-order valence-corrected chi connectivity index (χ0v) is 15.5. The average molecular weight is 419 g/mol. The lowest BCUT2D eigenvalue weighted by molar-refractivity contribution is -0.387. The summed E-state index contributed by atoms with van der Waals surface area (Å²) in [6, 6.07) is 7.10. The topological polar surface area (TPSA) is 118 Å². The number of rotatable bonds is 6. The minimum absolute atomic E-state index is 0.118. The van der Waals surface area contributed by atoms with Crippen LogP contribution in [0.4, 0.5) is 11.4 Å². The Hall–Kier alpha value is -2.36. The lowest BCUT2D eigenvalue weighted by Crippen LogP contribution is -2.44. The molecule has 0 aliphatic carbocycles. The van der Waals surface area contributed by atoms with Gasteiger partial charge in [0.05, 0.1) is 20.7 Å². The number of para-hydroxylation sites is 2. The van der Waals surface area contributed by atoms with Crippen LogP contribution in [0.1, 0.15) is 6.92 Å². The molecule has 0 bridgehead atoms. The van der Waals surface area contributed by atoms with Crippen LogP contribution in [0.25, 0.3) is 0 Å². The minimum atomic E-state index is -4.68. The first-order valence-electron chi connectivity index (χ1n) is 7.03. The molecule has 2 aromatic carbocycles. The Balaban J connectivity index is 2.83. The molecule has 1 N–H and O–H groups in total. The third-order valence-corrected chi connectivity index (χ3v) is 5.99. The number of benzene rings is 2. The summed E-state index contributed by atoms with van der Waals surface area (Å²) in [6.45, 7) is 1.11. The van der Waals surface area contributed by atoms with Crippen molar-refractivity contribution in [1.29, 1.82) is 0 Å². The van der Waals surface area contributed by atoms with Crippen molar-refractivity contribution < 1.29 is 23.2 Å². The number of sulfonamides is 1. The van der Waals surface area contributed by atoms with Gasteiger partial charge in [-0.25, -0.2) is 17.5 Å². The van der Waals surface area contributed by atoms with Gasteiger partial charge in [-0.05, 0) is 25.1 Å². The van der Waals surface area contributed by atoms with Gasteiger partial charge in [-0.3, -0.25) is 10.1 Å². The molecule has 1 unspecified atom stereocenters. The summed E-state index contributed by atoms with van der Waals surface area (Å²) in [7, 11) is -4.68. The first-order chi connectivity index (χ1) is 12.1. The second-order valence-corrected chi connectivity index (χ2v) is 7.71. The molecule has 2 aromatic rings. The maximum atomic E-state index is 13.1. The first-order valence-corrected chi connectivity index (χ1v) is 9.23. The Morgan fingerprint density at radius 2 is 1.69 bits per heavy atom. The number of anilines is 1. The summed E-state index contributed by atoms with van der Waals surface area (Å²) < 4.78 is 26.8. The maximum Gasteiger partial charge on any atom is 0.327 e. The summed E-state index contributed by atoms with van der Waals surface area (Å²) in [5, 5.41) is 20.3. The first kappa shape index (κ1) is 20.0. The lowest BCUT2D eigenvalue weighted by Gasteiger charge is -2.29. The van der Waals surface area contributed by atoms with Gasteiger partial charge in [0.1, 0.15) is 6.04 Å². The van der Waals surface area contributed by atoms with E-state index in [1.54, 1.807) is 0 Å². The van der Waals surface area contributed by atoms with E-state index in [1.165, 1.54) is 30.3 Å². The van der Waals surface area contributed by atoms with Crippen molar-refractivity contribution in [2.24, 2.45) is 0 Å². The van der Waals surface area contributed by atoms with Gasteiger partial charge in [-0.1, -0.05) is 41.4 Å². The highest BCUT2D eigenvalue weighted by Gasteiger charge is 2.39. The van der Waals surface area contributed by atoms with Crippen LogP contribution in [0.2, 0.25) is 10.0 Å². The minimum Gasteiger partial charge on any atom is -0.480 e. The molecule has 0 spiro atoms. The molecular formula is C15H12Cl2N2O6S. The molecule has 26 heavy (non-hydrogen) atoms. The average Bonchev–Trinajstić information content (AvgIpc) is 2.57. The zero-order valence-electron chi connectivity index (χ0n) is 13.2. The van der Waals surface area contributed by atoms with Crippen LogP contribution in [0, 0.1) is 10.1 Å². The highest BCUT2D eigenvalue weighted by molar-refractivity contribution is 7.93. The molecule has 0 heterocycles. The van der Waals surface area contributed by atoms with E-state index in [0.29, 0.717) is 4.31 Å². The van der Waals surface area contributed by atoms with E-state index >= 15 is 0 Å². The van der Waals surface area contributed by atoms with Crippen molar-refractivity contribution >= 4 is 50.6 Å². The van der Waals surface area contributed by atoms with Gasteiger partial charge < -0.3 is 5.11 Å². The number of nitro benzene ring substituents is 1. The Bertz CT molecular complexity index is 960. The highest BCUT2D eigenvalue weighted by atomic mass is 35.5. The number of hydrogen-bond acceptors (Lipinski definition) is 5. The van der Waals surface area contributed by atoms with E-state index in [0.717, 1.165) is 19.1 Å². The molecule has 0 saturated carbocycles. The van der Waals surface area contributed by atoms with E-state index in [1.807, 2.05) is 0 Å². The van der Waals surface area contributed by atoms with E-state index in [9.17, 15) is 28.4 Å². The third-order valence-electron chi connectivity index (χ3n) is 3.47. The predicted octanol–water partition coefficient (Wildman–Crippen LogP) is 3.57. The second kappa shape index (κ2) is 7.48. The molecule has 0 fully saturated rings. The van der Waals surface area contributed by atoms with Gasteiger partial charge in [0.25, 0.3) is 15.7 Å². The van der Waals surface area contributed by atoms with Crippen LogP contribution in [-0.2, 0) is 14.8 Å². The molecule has 138 valence electrons. The molecule has 2 rings (SSSR count). The van der Waals surface area contributed by atoms with Gasteiger partial charge in [0.15, 0.2) is 4.90 Å². The fourth-order valence-corrected chi connectivity index (χ4v) is 4.75. The SMILES string of the molecule is CC(C(=O)O)N(c1c(Cl)cccc1Cl)S(=O)(=O)c1ccccc1[N+](=O)[O-]. The maximum absolute atomic E-state index is 13.1. The summed E-state index contributed by atoms with van der Waals surface area (Å²) in [5.41, 5.74) is -0.970. The number of carbonyl (C=O) groups is 1. The predicted molar refractivity (Wildman–Crippen MR) is 96.3 cm³/mol. The molecule has 8 nitrogen and oxygen atoms in total. The van der Waals surface area contributed by atoms with E-state index in [-0.39, 0.29) is 15.7 Å².